The highest BCUT2D eigenvalue weighted by Gasteiger charge is 2.42. The Hall–Kier alpha value is -2.02. The average molecular weight is 349 g/mol. The van der Waals surface area contributed by atoms with Crippen LogP contribution in [-0.2, 0) is 4.74 Å². The zero-order valence-corrected chi connectivity index (χ0v) is 12.6. The van der Waals surface area contributed by atoms with Crippen LogP contribution in [0.4, 0.5) is 5.69 Å². The van der Waals surface area contributed by atoms with Gasteiger partial charge in [0.05, 0.1) is 24.7 Å². The number of aliphatic hydroxyl groups excluding tert-OH is 5. The standard InChI is InChI=1S/C7H7NO4.C6H12O6/c1-12-7-4-5(8(10)11)2-3-6(7)9;7-1-2-3(8)4(9)5(10)6(11)12-2/h2-4,9H,1H3;2-11H,1H2/t;2-,3+,4+,5-,6?/m.1/s1. The number of ether oxygens (including phenoxy) is 2. The quantitative estimate of drug-likeness (QED) is 0.266. The number of methoxy groups -OCH3 is 1. The second kappa shape index (κ2) is 8.73. The molecule has 11 heteroatoms. The van der Waals surface area contributed by atoms with E-state index in [1.165, 1.54) is 19.2 Å². The third-order valence-corrected chi connectivity index (χ3v) is 3.24. The van der Waals surface area contributed by atoms with Gasteiger partial charge in [0.2, 0.25) is 0 Å². The van der Waals surface area contributed by atoms with Gasteiger partial charge in [0.1, 0.15) is 24.4 Å². The Morgan fingerprint density at radius 3 is 2.33 bits per heavy atom. The molecule has 6 N–H and O–H groups in total. The normalized spacial score (nSPS) is 29.3. The van der Waals surface area contributed by atoms with Crippen molar-refractivity contribution in [1.29, 1.82) is 0 Å². The molecule has 0 radical (unpaired) electrons. The molecule has 1 aromatic carbocycles. The van der Waals surface area contributed by atoms with Crippen LogP contribution in [0, 0.1) is 10.1 Å². The number of rotatable bonds is 3. The van der Waals surface area contributed by atoms with Crippen LogP contribution in [0.1, 0.15) is 0 Å². The molecular weight excluding hydrogens is 330 g/mol. The van der Waals surface area contributed by atoms with Gasteiger partial charge in [-0.3, -0.25) is 10.1 Å². The number of nitrogens with zero attached hydrogens (tertiary/aromatic N) is 1. The van der Waals surface area contributed by atoms with E-state index in [0.29, 0.717) is 0 Å². The van der Waals surface area contributed by atoms with Crippen LogP contribution in [0.2, 0.25) is 0 Å². The Bertz CT molecular complexity index is 549. The van der Waals surface area contributed by atoms with Gasteiger partial charge in [0, 0.05) is 6.07 Å². The molecule has 1 aromatic rings. The number of phenolic OH excluding ortho intramolecular Hbond substituents is 1. The first kappa shape index (κ1) is 20.0. The largest absolute Gasteiger partial charge is 0.504 e. The van der Waals surface area contributed by atoms with Crippen molar-refractivity contribution < 1.29 is 45.0 Å². The van der Waals surface area contributed by atoms with E-state index in [9.17, 15) is 10.1 Å². The molecule has 0 bridgehead atoms. The number of benzene rings is 1. The van der Waals surface area contributed by atoms with E-state index in [1.54, 1.807) is 0 Å². The van der Waals surface area contributed by atoms with E-state index in [2.05, 4.69) is 9.47 Å². The third kappa shape index (κ3) is 4.74. The summed E-state index contributed by atoms with van der Waals surface area (Å²) in [5.41, 5.74) is -0.107. The van der Waals surface area contributed by atoms with E-state index >= 15 is 0 Å². The first-order chi connectivity index (χ1) is 11.2. The minimum Gasteiger partial charge on any atom is -0.504 e. The van der Waals surface area contributed by atoms with Gasteiger partial charge < -0.3 is 40.1 Å². The fourth-order valence-corrected chi connectivity index (χ4v) is 1.86. The summed E-state index contributed by atoms with van der Waals surface area (Å²) >= 11 is 0. The van der Waals surface area contributed by atoms with Crippen LogP contribution in [0.15, 0.2) is 18.2 Å². The minimum atomic E-state index is -1.57. The Kier molecular flexibility index (Phi) is 7.28. The number of nitro benzene ring substituents is 1. The predicted octanol–water partition coefficient (Wildman–Crippen LogP) is -1.91. The maximum absolute atomic E-state index is 10.2. The average Bonchev–Trinajstić information content (AvgIpc) is 2.57. The zero-order chi connectivity index (χ0) is 18.4. The fourth-order valence-electron chi connectivity index (χ4n) is 1.86. The van der Waals surface area contributed by atoms with Crippen molar-refractivity contribution in [2.24, 2.45) is 0 Å². The summed E-state index contributed by atoms with van der Waals surface area (Å²) in [7, 11) is 1.33. The van der Waals surface area contributed by atoms with Crippen molar-refractivity contribution in [3.63, 3.8) is 0 Å². The van der Waals surface area contributed by atoms with Crippen LogP contribution in [0.5, 0.6) is 11.5 Å². The molecule has 136 valence electrons. The first-order valence-electron chi connectivity index (χ1n) is 6.72. The van der Waals surface area contributed by atoms with Gasteiger partial charge in [-0.25, -0.2) is 0 Å². The first-order valence-corrected chi connectivity index (χ1v) is 6.72. The molecule has 24 heavy (non-hydrogen) atoms. The van der Waals surface area contributed by atoms with Crippen molar-refractivity contribution in [2.45, 2.75) is 30.7 Å². The lowest BCUT2D eigenvalue weighted by Gasteiger charge is -2.37. The molecule has 0 saturated carbocycles. The summed E-state index contributed by atoms with van der Waals surface area (Å²) in [6.07, 6.45) is -7.04. The molecule has 1 fully saturated rings. The molecule has 0 aromatic heterocycles. The molecule has 1 aliphatic heterocycles. The summed E-state index contributed by atoms with van der Waals surface area (Å²) in [5.74, 6) is -0.00713. The van der Waals surface area contributed by atoms with E-state index < -0.39 is 42.2 Å². The molecule has 5 atom stereocenters. The number of non-ortho nitro benzene ring substituents is 1. The second-order valence-electron chi connectivity index (χ2n) is 4.83. The highest BCUT2D eigenvalue weighted by Crippen LogP contribution is 2.29. The number of nitro groups is 1. The van der Waals surface area contributed by atoms with Gasteiger partial charge >= 0.3 is 0 Å². The van der Waals surface area contributed by atoms with Crippen molar-refractivity contribution >= 4 is 5.69 Å². The SMILES string of the molecule is COc1cc([N+](=O)[O-])ccc1O.OC[C@H]1OC(O)[C@H](O)[C@@H](O)[C@H]1O. The fraction of sp³-hybridized carbons (Fsp3) is 0.538. The van der Waals surface area contributed by atoms with Crippen LogP contribution in [0.3, 0.4) is 0 Å². The summed E-state index contributed by atoms with van der Waals surface area (Å²) in [6, 6.07) is 3.59. The number of hydrogen-bond acceptors (Lipinski definition) is 10. The van der Waals surface area contributed by atoms with E-state index in [1.807, 2.05) is 0 Å². The molecule has 1 heterocycles. The molecular formula is C13H19NO10. The molecule has 1 saturated heterocycles. The van der Waals surface area contributed by atoms with Crippen molar-refractivity contribution in [3.8, 4) is 11.5 Å². The summed E-state index contributed by atoms with van der Waals surface area (Å²) in [4.78, 5) is 9.70. The molecule has 1 aliphatic rings. The van der Waals surface area contributed by atoms with Gasteiger partial charge in [0.15, 0.2) is 17.8 Å². The molecule has 2 rings (SSSR count). The maximum Gasteiger partial charge on any atom is 0.273 e. The monoisotopic (exact) mass is 349 g/mol. The van der Waals surface area contributed by atoms with Crippen LogP contribution < -0.4 is 4.74 Å². The van der Waals surface area contributed by atoms with Crippen LogP contribution in [0.25, 0.3) is 0 Å². The van der Waals surface area contributed by atoms with Crippen LogP contribution in [-0.4, -0.2) is 80.0 Å². The lowest BCUT2D eigenvalue weighted by atomic mass is 10.00. The van der Waals surface area contributed by atoms with E-state index in [4.69, 9.17) is 30.6 Å². The molecule has 0 amide bonds. The number of aliphatic hydroxyl groups is 5. The Morgan fingerprint density at radius 2 is 1.83 bits per heavy atom. The Morgan fingerprint density at radius 1 is 1.21 bits per heavy atom. The Labute approximate surface area is 136 Å². The minimum absolute atomic E-state index is 0.101. The van der Waals surface area contributed by atoms with E-state index in [-0.39, 0.29) is 17.2 Å². The maximum atomic E-state index is 10.2. The topological polar surface area (TPSA) is 183 Å². The van der Waals surface area contributed by atoms with Gasteiger partial charge in [-0.2, -0.15) is 0 Å². The summed E-state index contributed by atoms with van der Waals surface area (Å²) in [5, 5.41) is 64.0. The van der Waals surface area contributed by atoms with Gasteiger partial charge in [-0.15, -0.1) is 0 Å². The zero-order valence-electron chi connectivity index (χ0n) is 12.6. The van der Waals surface area contributed by atoms with Gasteiger partial charge in [-0.1, -0.05) is 0 Å². The summed E-state index contributed by atoms with van der Waals surface area (Å²) in [6.45, 7) is -0.526. The number of hydrogen-bond donors (Lipinski definition) is 6. The Balaban J connectivity index is 0.000000240. The number of aromatic hydroxyl groups is 1. The molecule has 1 unspecified atom stereocenters. The highest BCUT2D eigenvalue weighted by atomic mass is 16.6. The smallest absolute Gasteiger partial charge is 0.273 e. The third-order valence-electron chi connectivity index (χ3n) is 3.24. The highest BCUT2D eigenvalue weighted by molar-refractivity contribution is 5.47. The number of phenols is 1. The summed E-state index contributed by atoms with van der Waals surface area (Å²) < 4.78 is 9.26. The second-order valence-corrected chi connectivity index (χ2v) is 4.83. The van der Waals surface area contributed by atoms with Crippen LogP contribution >= 0.6 is 0 Å². The van der Waals surface area contributed by atoms with E-state index in [0.717, 1.165) is 6.07 Å². The predicted molar refractivity (Wildman–Crippen MR) is 77.3 cm³/mol. The molecule has 0 spiro atoms. The van der Waals surface area contributed by atoms with Crippen molar-refractivity contribution in [2.75, 3.05) is 13.7 Å². The van der Waals surface area contributed by atoms with Gasteiger partial charge in [-0.05, 0) is 6.07 Å². The molecule has 11 nitrogen and oxygen atoms in total. The molecule has 0 aliphatic carbocycles. The van der Waals surface area contributed by atoms with Crippen molar-refractivity contribution in [1.82, 2.24) is 0 Å². The van der Waals surface area contributed by atoms with Gasteiger partial charge in [0.25, 0.3) is 5.69 Å². The van der Waals surface area contributed by atoms with Crippen molar-refractivity contribution in [3.05, 3.63) is 28.3 Å². The lowest BCUT2D eigenvalue weighted by molar-refractivity contribution is -0.385. The lowest BCUT2D eigenvalue weighted by Crippen LogP contribution is -2.58.